The summed E-state index contributed by atoms with van der Waals surface area (Å²) < 4.78 is 16.9. The molecular formula is C30H50N7O19P. The Bertz CT molecular complexity index is 1450. The first-order valence-electron chi connectivity index (χ1n) is 17.4. The molecule has 4 atom stereocenters. The van der Waals surface area contributed by atoms with Crippen LogP contribution in [0.2, 0.25) is 0 Å². The summed E-state index contributed by atoms with van der Waals surface area (Å²) in [5.41, 5.74) is 0. The Hall–Kier alpha value is -4.82. The van der Waals surface area contributed by atoms with Gasteiger partial charge in [0.1, 0.15) is 18.1 Å². The van der Waals surface area contributed by atoms with Crippen LogP contribution in [0.15, 0.2) is 0 Å². The summed E-state index contributed by atoms with van der Waals surface area (Å²) in [6, 6.07) is -5.17. The summed E-state index contributed by atoms with van der Waals surface area (Å²) in [5, 5.41) is 71.3. The van der Waals surface area contributed by atoms with Gasteiger partial charge in [0.2, 0.25) is 11.8 Å². The number of carboxylic acid groups (broad SMARTS) is 7. The van der Waals surface area contributed by atoms with E-state index in [1.807, 2.05) is 0 Å². The van der Waals surface area contributed by atoms with Crippen molar-refractivity contribution in [1.29, 1.82) is 0 Å². The molecule has 1 rings (SSSR count). The highest BCUT2D eigenvalue weighted by Gasteiger charge is 2.31. The SMILES string of the molecule is O=C(O)CCC(NP(=O)(O)OCCC(NC(=O)CC[C@@H](NC(=O)CN1CCN(CC(=O)O)CCN(CC(=O)O)CCN(CC(=O)O)CC1)C(=O)O)C(=O)O)C(=O)O. The first-order valence-corrected chi connectivity index (χ1v) is 18.9. The molecule has 0 radical (unpaired) electrons. The summed E-state index contributed by atoms with van der Waals surface area (Å²) >= 11 is 0. The molecule has 0 aromatic rings. The highest BCUT2D eigenvalue weighted by molar-refractivity contribution is 7.50. The normalized spacial score (nSPS) is 18.0. The standard InChI is InChI=1S/C30H50N7O19P/c38-22(31-20(29(50)51)5-14-56-57(54,55)33-21(30(52)53)2-4-24(40)41)3-1-19(28(48)49)32-23(39)15-34-6-8-35(16-25(42)43)10-12-37(18-27(46)47)13-11-36(9-7-34)17-26(44)45/h19-21H,1-18H2,(H,31,38)(H,32,39)(H,40,41)(H,42,43)(H,44,45)(H,46,47)(H,48,49)(H,50,51)(H,52,53)(H2,33,54,55)/t19-,20?,21?/m1/s1. The Balaban J connectivity index is 2.88. The van der Waals surface area contributed by atoms with E-state index in [4.69, 9.17) is 10.2 Å². The predicted octanol–water partition coefficient (Wildman–Crippen LogP) is -4.20. The van der Waals surface area contributed by atoms with Crippen LogP contribution in [-0.4, -0.2) is 217 Å². The van der Waals surface area contributed by atoms with E-state index in [-0.39, 0.29) is 58.9 Å². The Labute approximate surface area is 324 Å². The van der Waals surface area contributed by atoms with Crippen LogP contribution in [-0.2, 0) is 52.2 Å². The van der Waals surface area contributed by atoms with E-state index in [0.717, 1.165) is 0 Å². The molecule has 3 unspecified atom stereocenters. The zero-order chi connectivity index (χ0) is 43.3. The van der Waals surface area contributed by atoms with Crippen molar-refractivity contribution >= 4 is 61.3 Å². The predicted molar refractivity (Wildman–Crippen MR) is 189 cm³/mol. The van der Waals surface area contributed by atoms with E-state index in [2.05, 4.69) is 15.2 Å². The molecule has 57 heavy (non-hydrogen) atoms. The van der Waals surface area contributed by atoms with Gasteiger partial charge in [-0.15, -0.1) is 0 Å². The fraction of sp³-hybridized carbons (Fsp3) is 0.700. The molecule has 1 fully saturated rings. The maximum Gasteiger partial charge on any atom is 0.403 e. The third kappa shape index (κ3) is 23.1. The minimum Gasteiger partial charge on any atom is -0.481 e. The van der Waals surface area contributed by atoms with Crippen molar-refractivity contribution in [2.75, 3.05) is 85.1 Å². The number of carbonyl (C=O) groups excluding carboxylic acids is 2. The molecule has 1 saturated heterocycles. The molecule has 27 heteroatoms. The fourth-order valence-corrected chi connectivity index (χ4v) is 6.39. The van der Waals surface area contributed by atoms with Gasteiger partial charge in [-0.1, -0.05) is 0 Å². The molecule has 0 aromatic heterocycles. The van der Waals surface area contributed by atoms with Gasteiger partial charge in [-0.2, -0.15) is 0 Å². The van der Waals surface area contributed by atoms with Crippen LogP contribution in [0.4, 0.5) is 0 Å². The Kier molecular flexibility index (Phi) is 22.4. The minimum atomic E-state index is -4.89. The number of hydrogen-bond acceptors (Lipinski definition) is 15. The fourth-order valence-electron chi connectivity index (χ4n) is 5.32. The number of nitrogens with one attached hydrogen (secondary N) is 3. The summed E-state index contributed by atoms with van der Waals surface area (Å²) in [6.45, 7) is -1.59. The Morgan fingerprint density at radius 3 is 1.21 bits per heavy atom. The van der Waals surface area contributed by atoms with Gasteiger partial charge >= 0.3 is 49.5 Å². The highest BCUT2D eigenvalue weighted by Crippen LogP contribution is 2.38. The monoisotopic (exact) mass is 843 g/mol. The van der Waals surface area contributed by atoms with Crippen molar-refractivity contribution < 1.29 is 92.9 Å². The third-order valence-corrected chi connectivity index (χ3v) is 9.41. The maximum absolute atomic E-state index is 13.1. The van der Waals surface area contributed by atoms with E-state index < -0.39 is 138 Å². The summed E-state index contributed by atoms with van der Waals surface area (Å²) in [4.78, 5) is 122. The van der Waals surface area contributed by atoms with E-state index >= 15 is 0 Å². The average molecular weight is 844 g/mol. The molecule has 0 aromatic carbocycles. The van der Waals surface area contributed by atoms with Crippen molar-refractivity contribution in [3.05, 3.63) is 0 Å². The first-order chi connectivity index (χ1) is 26.6. The number of hydrogen-bond donors (Lipinski definition) is 11. The molecule has 0 saturated carbocycles. The number of amides is 2. The van der Waals surface area contributed by atoms with Gasteiger partial charge in [-0.3, -0.25) is 57.7 Å². The molecule has 1 heterocycles. The second-order valence-corrected chi connectivity index (χ2v) is 14.4. The summed E-state index contributed by atoms with van der Waals surface area (Å²) in [7, 11) is -4.89. The van der Waals surface area contributed by atoms with E-state index in [1.165, 1.54) is 9.80 Å². The zero-order valence-electron chi connectivity index (χ0n) is 30.8. The van der Waals surface area contributed by atoms with Crippen LogP contribution in [0.1, 0.15) is 32.1 Å². The lowest BCUT2D eigenvalue weighted by Crippen LogP contribution is -2.51. The number of nitrogens with zero attached hydrogens (tertiary/aromatic N) is 4. The van der Waals surface area contributed by atoms with E-state index in [1.54, 1.807) is 14.9 Å². The second-order valence-electron chi connectivity index (χ2n) is 12.8. The largest absolute Gasteiger partial charge is 0.481 e. The Morgan fingerprint density at radius 1 is 0.491 bits per heavy atom. The molecule has 0 aliphatic carbocycles. The van der Waals surface area contributed by atoms with Crippen LogP contribution < -0.4 is 15.7 Å². The van der Waals surface area contributed by atoms with Crippen molar-refractivity contribution in [2.45, 2.75) is 50.2 Å². The highest BCUT2D eigenvalue weighted by atomic mass is 31.2. The van der Waals surface area contributed by atoms with Gasteiger partial charge in [0.05, 0.1) is 32.8 Å². The van der Waals surface area contributed by atoms with Gasteiger partial charge < -0.3 is 51.3 Å². The van der Waals surface area contributed by atoms with Crippen LogP contribution in [0, 0.1) is 0 Å². The Morgan fingerprint density at radius 2 is 0.842 bits per heavy atom. The van der Waals surface area contributed by atoms with Gasteiger partial charge in [0.25, 0.3) is 0 Å². The molecule has 0 bridgehead atoms. The molecule has 26 nitrogen and oxygen atoms in total. The van der Waals surface area contributed by atoms with Crippen LogP contribution in [0.5, 0.6) is 0 Å². The van der Waals surface area contributed by atoms with Crippen LogP contribution in [0.25, 0.3) is 0 Å². The van der Waals surface area contributed by atoms with Gasteiger partial charge in [-0.25, -0.2) is 19.2 Å². The second kappa shape index (κ2) is 25.4. The third-order valence-electron chi connectivity index (χ3n) is 8.24. The van der Waals surface area contributed by atoms with Crippen molar-refractivity contribution in [3.8, 4) is 0 Å². The molecule has 1 aliphatic rings. The first kappa shape index (κ1) is 50.2. The quantitative estimate of drug-likeness (QED) is 0.0388. The number of aliphatic carboxylic acids is 7. The zero-order valence-corrected chi connectivity index (χ0v) is 31.7. The van der Waals surface area contributed by atoms with Crippen molar-refractivity contribution in [3.63, 3.8) is 0 Å². The lowest BCUT2D eigenvalue weighted by atomic mass is 10.1. The molecule has 2 amide bonds. The number of carboxylic acids is 7. The molecule has 324 valence electrons. The number of rotatable bonds is 25. The van der Waals surface area contributed by atoms with Gasteiger partial charge in [0, 0.05) is 71.6 Å². The topological polar surface area (TPSA) is 391 Å². The maximum atomic E-state index is 13.1. The summed E-state index contributed by atoms with van der Waals surface area (Å²) in [5.74, 6) is -11.5. The molecular weight excluding hydrogens is 793 g/mol. The summed E-state index contributed by atoms with van der Waals surface area (Å²) in [6.07, 6.45) is -3.01. The van der Waals surface area contributed by atoms with Crippen molar-refractivity contribution in [2.24, 2.45) is 0 Å². The molecule has 1 aliphatic heterocycles. The van der Waals surface area contributed by atoms with Gasteiger partial charge in [0.15, 0.2) is 0 Å². The van der Waals surface area contributed by atoms with Crippen LogP contribution >= 0.6 is 7.75 Å². The van der Waals surface area contributed by atoms with E-state index in [0.29, 0.717) is 0 Å². The average Bonchev–Trinajstić information content (AvgIpc) is 3.07. The van der Waals surface area contributed by atoms with Crippen molar-refractivity contribution in [1.82, 2.24) is 35.3 Å². The molecule has 0 spiro atoms. The molecule has 11 N–H and O–H groups in total. The van der Waals surface area contributed by atoms with Crippen LogP contribution in [0.3, 0.4) is 0 Å². The van der Waals surface area contributed by atoms with E-state index in [9.17, 15) is 78.1 Å². The lowest BCUT2D eigenvalue weighted by Gasteiger charge is -2.33. The van der Waals surface area contributed by atoms with Gasteiger partial charge in [-0.05, 0) is 12.8 Å². The minimum absolute atomic E-state index is 0.0631. The number of carbonyl (C=O) groups is 9. The smallest absolute Gasteiger partial charge is 0.403 e. The lowest BCUT2D eigenvalue weighted by molar-refractivity contribution is -0.143.